The summed E-state index contributed by atoms with van der Waals surface area (Å²) in [4.78, 5) is 12.4. The van der Waals surface area contributed by atoms with Gasteiger partial charge in [-0.2, -0.15) is 36.5 Å². The fraction of sp³-hybridized carbons (Fsp3) is 0.588. The minimum Gasteiger partial charge on any atom is -0.350 e. The molecule has 0 bridgehead atoms. The van der Waals surface area contributed by atoms with Crippen LogP contribution in [0.5, 0.6) is 0 Å². The van der Waals surface area contributed by atoms with Crippen LogP contribution in [0.25, 0.3) is 0 Å². The van der Waals surface area contributed by atoms with Gasteiger partial charge in [-0.25, -0.2) is 4.68 Å². The van der Waals surface area contributed by atoms with E-state index in [0.29, 0.717) is 5.69 Å². The second-order valence-corrected chi connectivity index (χ2v) is 7.16. The van der Waals surface area contributed by atoms with Crippen molar-refractivity contribution in [3.05, 3.63) is 29.8 Å². The van der Waals surface area contributed by atoms with Gasteiger partial charge in [-0.3, -0.25) is 9.48 Å². The Balaban J connectivity index is 1.57. The van der Waals surface area contributed by atoms with Crippen molar-refractivity contribution in [2.24, 2.45) is 5.92 Å². The van der Waals surface area contributed by atoms with E-state index in [0.717, 1.165) is 23.6 Å². The van der Waals surface area contributed by atoms with E-state index >= 15 is 0 Å². The van der Waals surface area contributed by atoms with Crippen LogP contribution >= 0.6 is 0 Å². The molecular formula is C17H19F6N5O2. The third kappa shape index (κ3) is 5.97. The maximum Gasteiger partial charge on any atom is 0.435 e. The number of alkyl halides is 6. The van der Waals surface area contributed by atoms with Crippen LogP contribution in [-0.2, 0) is 29.0 Å². The number of aromatic nitrogens is 4. The van der Waals surface area contributed by atoms with E-state index in [-0.39, 0.29) is 18.2 Å². The Hall–Kier alpha value is -2.57. The molecule has 1 aliphatic rings. The molecule has 166 valence electrons. The number of anilines is 1. The molecule has 7 nitrogen and oxygen atoms in total. The lowest BCUT2D eigenvalue weighted by Crippen LogP contribution is -2.25. The first-order chi connectivity index (χ1) is 13.9. The predicted molar refractivity (Wildman–Crippen MR) is 91.2 cm³/mol. The lowest BCUT2D eigenvalue weighted by molar-refractivity contribution is -0.182. The summed E-state index contributed by atoms with van der Waals surface area (Å²) < 4.78 is 81.9. The molecule has 0 radical (unpaired) electrons. The van der Waals surface area contributed by atoms with E-state index in [1.807, 2.05) is 0 Å². The molecule has 0 spiro atoms. The van der Waals surface area contributed by atoms with Crippen LogP contribution in [0.3, 0.4) is 0 Å². The molecular weight excluding hydrogens is 420 g/mol. The highest BCUT2D eigenvalue weighted by atomic mass is 19.4. The second-order valence-electron chi connectivity index (χ2n) is 7.16. The number of hydrogen-bond acceptors (Lipinski definition) is 4. The van der Waals surface area contributed by atoms with Crippen LogP contribution in [0.2, 0.25) is 0 Å². The molecule has 1 saturated carbocycles. The molecule has 1 N–H and O–H groups in total. The number of carbonyl (C=O) groups excluding carboxylic acids is 1. The lowest BCUT2D eigenvalue weighted by Gasteiger charge is -2.13. The van der Waals surface area contributed by atoms with Gasteiger partial charge < -0.3 is 10.1 Å². The van der Waals surface area contributed by atoms with Crippen molar-refractivity contribution in [1.29, 1.82) is 0 Å². The molecule has 0 saturated heterocycles. The Morgan fingerprint density at radius 3 is 2.60 bits per heavy atom. The van der Waals surface area contributed by atoms with Crippen molar-refractivity contribution in [2.75, 3.05) is 11.9 Å². The van der Waals surface area contributed by atoms with Gasteiger partial charge in [0.25, 0.3) is 0 Å². The molecule has 1 unspecified atom stereocenters. The van der Waals surface area contributed by atoms with Gasteiger partial charge in [-0.15, -0.1) is 0 Å². The molecule has 1 fully saturated rings. The van der Waals surface area contributed by atoms with Gasteiger partial charge in [0.05, 0.1) is 30.5 Å². The molecule has 0 aromatic carbocycles. The third-order valence-electron chi connectivity index (χ3n) is 4.38. The Bertz CT molecular complexity index is 884. The Morgan fingerprint density at radius 2 is 2.00 bits per heavy atom. The van der Waals surface area contributed by atoms with Gasteiger partial charge in [0.2, 0.25) is 5.91 Å². The Labute approximate surface area is 167 Å². The van der Waals surface area contributed by atoms with Crippen LogP contribution in [0, 0.1) is 5.92 Å². The van der Waals surface area contributed by atoms with Crippen molar-refractivity contribution in [3.63, 3.8) is 0 Å². The smallest absolute Gasteiger partial charge is 0.350 e. The topological polar surface area (TPSA) is 74.0 Å². The molecule has 30 heavy (non-hydrogen) atoms. The Kier molecular flexibility index (Phi) is 6.11. The van der Waals surface area contributed by atoms with Crippen LogP contribution in [-0.4, -0.2) is 38.3 Å². The summed E-state index contributed by atoms with van der Waals surface area (Å²) in [5.74, 6) is -1.19. The molecule has 1 atom stereocenters. The molecule has 2 heterocycles. The number of ether oxygens (including phenoxy) is 1. The normalized spacial score (nSPS) is 16.0. The van der Waals surface area contributed by atoms with Gasteiger partial charge in [0, 0.05) is 11.6 Å². The third-order valence-corrected chi connectivity index (χ3v) is 4.38. The first-order valence-corrected chi connectivity index (χ1v) is 9.05. The molecule has 1 aliphatic carbocycles. The summed E-state index contributed by atoms with van der Waals surface area (Å²) in [7, 11) is 0. The van der Waals surface area contributed by atoms with E-state index in [1.54, 1.807) is 0 Å². The zero-order chi connectivity index (χ0) is 22.1. The minimum absolute atomic E-state index is 0.0128. The first-order valence-electron chi connectivity index (χ1n) is 9.05. The zero-order valence-corrected chi connectivity index (χ0v) is 15.8. The van der Waals surface area contributed by atoms with Crippen LogP contribution in [0.15, 0.2) is 18.5 Å². The average Bonchev–Trinajstić information content (AvgIpc) is 3.21. The number of carbonyl (C=O) groups is 1. The highest BCUT2D eigenvalue weighted by Gasteiger charge is 2.38. The van der Waals surface area contributed by atoms with Crippen LogP contribution < -0.4 is 5.32 Å². The van der Waals surface area contributed by atoms with Gasteiger partial charge in [0.1, 0.15) is 13.3 Å². The van der Waals surface area contributed by atoms with Crippen molar-refractivity contribution < 1.29 is 35.9 Å². The maximum absolute atomic E-state index is 13.0. The summed E-state index contributed by atoms with van der Waals surface area (Å²) in [5.41, 5.74) is -0.310. The number of nitrogens with zero attached hydrogens (tertiary/aromatic N) is 4. The van der Waals surface area contributed by atoms with E-state index in [9.17, 15) is 31.1 Å². The summed E-state index contributed by atoms with van der Waals surface area (Å²) in [6, 6.07) is 1.02. The van der Waals surface area contributed by atoms with Crippen molar-refractivity contribution in [2.45, 2.75) is 51.3 Å². The standard InChI is InChI=1S/C17H19F6N5O2/c1-10(6-28-13(11-2-3-11)4-14(26-28)17(21,22)23)15(29)25-12-5-24-27(7-12)9-30-8-16(18,19)20/h4-5,7,10-11H,2-3,6,8-9H2,1H3,(H,25,29). The summed E-state index contributed by atoms with van der Waals surface area (Å²) in [5, 5.41) is 9.92. The number of amides is 1. The van der Waals surface area contributed by atoms with Crippen LogP contribution in [0.4, 0.5) is 32.0 Å². The van der Waals surface area contributed by atoms with Crippen molar-refractivity contribution in [3.8, 4) is 0 Å². The zero-order valence-electron chi connectivity index (χ0n) is 15.8. The molecule has 0 aliphatic heterocycles. The fourth-order valence-corrected chi connectivity index (χ4v) is 2.79. The summed E-state index contributed by atoms with van der Waals surface area (Å²) in [6.07, 6.45) is -4.96. The van der Waals surface area contributed by atoms with Crippen molar-refractivity contribution in [1.82, 2.24) is 19.6 Å². The molecule has 1 amide bonds. The number of rotatable bonds is 8. The summed E-state index contributed by atoms with van der Waals surface area (Å²) in [6.45, 7) is -0.393. The van der Waals surface area contributed by atoms with Gasteiger partial charge in [-0.05, 0) is 18.9 Å². The molecule has 3 rings (SSSR count). The highest BCUT2D eigenvalue weighted by molar-refractivity contribution is 5.91. The molecule has 2 aromatic heterocycles. The largest absolute Gasteiger partial charge is 0.435 e. The van der Waals surface area contributed by atoms with E-state index in [1.165, 1.54) is 24.0 Å². The number of nitrogens with one attached hydrogen (secondary N) is 1. The highest BCUT2D eigenvalue weighted by Crippen LogP contribution is 2.42. The number of hydrogen-bond donors (Lipinski definition) is 1. The first kappa shape index (κ1) is 22.1. The average molecular weight is 439 g/mol. The monoisotopic (exact) mass is 439 g/mol. The predicted octanol–water partition coefficient (Wildman–Crippen LogP) is 3.79. The number of halogens is 6. The van der Waals surface area contributed by atoms with Gasteiger partial charge in [0.15, 0.2) is 5.69 Å². The molecule has 2 aromatic rings. The minimum atomic E-state index is -4.57. The van der Waals surface area contributed by atoms with Crippen LogP contribution in [0.1, 0.15) is 37.1 Å². The van der Waals surface area contributed by atoms with E-state index in [4.69, 9.17) is 0 Å². The summed E-state index contributed by atoms with van der Waals surface area (Å²) >= 11 is 0. The molecule has 13 heteroatoms. The van der Waals surface area contributed by atoms with Crippen molar-refractivity contribution >= 4 is 11.6 Å². The fourth-order valence-electron chi connectivity index (χ4n) is 2.79. The van der Waals surface area contributed by atoms with Gasteiger partial charge >= 0.3 is 12.4 Å². The Morgan fingerprint density at radius 1 is 1.30 bits per heavy atom. The van der Waals surface area contributed by atoms with E-state index < -0.39 is 43.2 Å². The van der Waals surface area contributed by atoms with Gasteiger partial charge in [-0.1, -0.05) is 6.92 Å². The SMILES string of the molecule is CC(Cn1nc(C(F)(F)F)cc1C1CC1)C(=O)Nc1cnn(COCC(F)(F)F)c1. The quantitative estimate of drug-likeness (QED) is 0.636. The maximum atomic E-state index is 13.0. The second kappa shape index (κ2) is 8.28. The van der Waals surface area contributed by atoms with E-state index in [2.05, 4.69) is 20.3 Å². The lowest BCUT2D eigenvalue weighted by atomic mass is 10.1.